The molecule has 2 rings (SSSR count). The molecule has 0 aromatic heterocycles. The van der Waals surface area contributed by atoms with E-state index in [2.05, 4.69) is 38.7 Å². The molecule has 0 unspecified atom stereocenters. The largest absolute Gasteiger partial charge is 0.497 e. The maximum Gasteiger partial charge on any atom is 0.239 e. The van der Waals surface area contributed by atoms with Crippen LogP contribution in [0.2, 0.25) is 0 Å². The molecule has 0 radical (unpaired) electrons. The van der Waals surface area contributed by atoms with Gasteiger partial charge in [-0.2, -0.15) is 0 Å². The highest BCUT2D eigenvalue weighted by atomic mass is 127. The van der Waals surface area contributed by atoms with Crippen molar-refractivity contribution in [1.82, 2.24) is 15.5 Å². The second-order valence-electron chi connectivity index (χ2n) is 6.28. The molecule has 2 N–H and O–H groups in total. The van der Waals surface area contributed by atoms with E-state index < -0.39 is 0 Å². The number of halogens is 1. The Labute approximate surface area is 173 Å². The number of aliphatic imine (C=N–C) groups is 1. The molecule has 0 spiro atoms. The molecule has 144 valence electrons. The summed E-state index contributed by atoms with van der Waals surface area (Å²) < 4.78 is 5.30. The third-order valence-corrected chi connectivity index (χ3v) is 4.02. The van der Waals surface area contributed by atoms with E-state index in [9.17, 15) is 4.79 Å². The van der Waals surface area contributed by atoms with E-state index in [1.807, 2.05) is 26.0 Å². The van der Waals surface area contributed by atoms with E-state index in [-0.39, 0.29) is 42.5 Å². The van der Waals surface area contributed by atoms with E-state index in [0.29, 0.717) is 0 Å². The van der Waals surface area contributed by atoms with Gasteiger partial charge in [0.25, 0.3) is 0 Å². The first-order valence-corrected chi connectivity index (χ1v) is 8.62. The Balaban J connectivity index is 0.00000338. The standard InChI is InChI=1S/C19H28N4O2.HI/c1-14(2)22-18(24)13-21-19(20-3)23-10-8-15(9-11-23)16-6-5-7-17(12-16)25-4;/h5-8,12,14H,9-11,13H2,1-4H3,(H,20,21)(H,22,24);1H. The summed E-state index contributed by atoms with van der Waals surface area (Å²) in [6, 6.07) is 8.26. The van der Waals surface area contributed by atoms with E-state index >= 15 is 0 Å². The zero-order valence-corrected chi connectivity index (χ0v) is 18.2. The number of carbonyl (C=O) groups excluding carboxylic acids is 1. The second-order valence-corrected chi connectivity index (χ2v) is 6.28. The van der Waals surface area contributed by atoms with Gasteiger partial charge in [-0.25, -0.2) is 0 Å². The van der Waals surface area contributed by atoms with Crippen LogP contribution >= 0.6 is 24.0 Å². The van der Waals surface area contributed by atoms with E-state index in [4.69, 9.17) is 4.74 Å². The third kappa shape index (κ3) is 6.51. The first kappa shape index (κ1) is 22.3. The number of methoxy groups -OCH3 is 1. The lowest BCUT2D eigenvalue weighted by atomic mass is 9.99. The van der Waals surface area contributed by atoms with E-state index in [0.717, 1.165) is 31.2 Å². The molecule has 26 heavy (non-hydrogen) atoms. The molecule has 0 saturated carbocycles. The summed E-state index contributed by atoms with van der Waals surface area (Å²) in [5.74, 6) is 1.59. The van der Waals surface area contributed by atoms with Crippen molar-refractivity contribution in [2.45, 2.75) is 26.3 Å². The summed E-state index contributed by atoms with van der Waals surface area (Å²) in [6.45, 7) is 5.74. The highest BCUT2D eigenvalue weighted by molar-refractivity contribution is 14.0. The van der Waals surface area contributed by atoms with Crippen LogP contribution in [0.5, 0.6) is 5.75 Å². The zero-order valence-electron chi connectivity index (χ0n) is 15.9. The SMILES string of the molecule is CN=C(NCC(=O)NC(C)C)N1CC=C(c2cccc(OC)c2)CC1.I. The first-order chi connectivity index (χ1) is 12.0. The zero-order chi connectivity index (χ0) is 18.2. The molecule has 6 nitrogen and oxygen atoms in total. The molecule has 1 aromatic carbocycles. The number of hydrogen-bond acceptors (Lipinski definition) is 3. The average Bonchev–Trinajstić information content (AvgIpc) is 2.62. The lowest BCUT2D eigenvalue weighted by Crippen LogP contribution is -2.47. The minimum absolute atomic E-state index is 0. The van der Waals surface area contributed by atoms with Crippen molar-refractivity contribution in [1.29, 1.82) is 0 Å². The van der Waals surface area contributed by atoms with Gasteiger partial charge in [0, 0.05) is 26.2 Å². The summed E-state index contributed by atoms with van der Waals surface area (Å²) >= 11 is 0. The van der Waals surface area contributed by atoms with Crippen molar-refractivity contribution in [3.8, 4) is 5.75 Å². The van der Waals surface area contributed by atoms with Crippen molar-refractivity contribution in [2.75, 3.05) is 33.8 Å². The Morgan fingerprint density at radius 2 is 2.15 bits per heavy atom. The number of carbonyl (C=O) groups is 1. The molecule has 0 bridgehead atoms. The monoisotopic (exact) mass is 472 g/mol. The minimum Gasteiger partial charge on any atom is -0.497 e. The highest BCUT2D eigenvalue weighted by Gasteiger charge is 2.17. The minimum atomic E-state index is -0.0271. The molecule has 0 saturated heterocycles. The molecule has 0 aliphatic carbocycles. The Bertz CT molecular complexity index is 659. The summed E-state index contributed by atoms with van der Waals surface area (Å²) in [4.78, 5) is 18.2. The molecule has 1 aromatic rings. The number of ether oxygens (including phenoxy) is 1. The van der Waals surface area contributed by atoms with E-state index in [1.54, 1.807) is 14.2 Å². The quantitative estimate of drug-likeness (QED) is 0.393. The van der Waals surface area contributed by atoms with Crippen LogP contribution in [-0.2, 0) is 4.79 Å². The highest BCUT2D eigenvalue weighted by Crippen LogP contribution is 2.25. The molecular formula is C19H29IN4O2. The average molecular weight is 472 g/mol. The van der Waals surface area contributed by atoms with Gasteiger partial charge in [0.2, 0.25) is 5.91 Å². The van der Waals surface area contributed by atoms with Gasteiger partial charge in [0.05, 0.1) is 13.7 Å². The van der Waals surface area contributed by atoms with Crippen molar-refractivity contribution < 1.29 is 9.53 Å². The number of nitrogens with zero attached hydrogens (tertiary/aromatic N) is 2. The van der Waals surface area contributed by atoms with Gasteiger partial charge in [-0.1, -0.05) is 18.2 Å². The molecule has 0 fully saturated rings. The van der Waals surface area contributed by atoms with Crippen LogP contribution in [0.15, 0.2) is 35.3 Å². The van der Waals surface area contributed by atoms with Crippen LogP contribution in [-0.4, -0.2) is 56.6 Å². The number of amides is 1. The van der Waals surface area contributed by atoms with Crippen LogP contribution in [0, 0.1) is 0 Å². The van der Waals surface area contributed by atoms with Crippen LogP contribution in [0.3, 0.4) is 0 Å². The lowest BCUT2D eigenvalue weighted by Gasteiger charge is -2.29. The molecule has 1 aliphatic heterocycles. The van der Waals surface area contributed by atoms with Gasteiger partial charge in [-0.05, 0) is 43.5 Å². The van der Waals surface area contributed by atoms with Gasteiger partial charge in [0.15, 0.2) is 5.96 Å². The summed E-state index contributed by atoms with van der Waals surface area (Å²) in [5, 5.41) is 6.00. The van der Waals surface area contributed by atoms with Crippen molar-refractivity contribution in [3.05, 3.63) is 35.9 Å². The fraction of sp³-hybridized carbons (Fsp3) is 0.474. The summed E-state index contributed by atoms with van der Waals surface area (Å²) in [7, 11) is 3.42. The molecule has 1 amide bonds. The summed E-state index contributed by atoms with van der Waals surface area (Å²) in [5.41, 5.74) is 2.50. The second kappa shape index (κ2) is 11.1. The van der Waals surface area contributed by atoms with Crippen LogP contribution < -0.4 is 15.4 Å². The van der Waals surface area contributed by atoms with Crippen LogP contribution in [0.4, 0.5) is 0 Å². The van der Waals surface area contributed by atoms with Gasteiger partial charge in [-0.3, -0.25) is 9.79 Å². The molecule has 0 atom stereocenters. The Kier molecular flexibility index (Phi) is 9.47. The third-order valence-electron chi connectivity index (χ3n) is 4.02. The van der Waals surface area contributed by atoms with Gasteiger partial charge >= 0.3 is 0 Å². The van der Waals surface area contributed by atoms with E-state index in [1.165, 1.54) is 11.1 Å². The van der Waals surface area contributed by atoms with Crippen molar-refractivity contribution >= 4 is 41.4 Å². The number of guanidine groups is 1. The molecular weight excluding hydrogens is 443 g/mol. The van der Waals surface area contributed by atoms with Gasteiger partial charge in [0.1, 0.15) is 5.75 Å². The number of benzene rings is 1. The fourth-order valence-electron chi connectivity index (χ4n) is 2.81. The van der Waals surface area contributed by atoms with Crippen molar-refractivity contribution in [2.24, 2.45) is 4.99 Å². The van der Waals surface area contributed by atoms with Crippen LogP contribution in [0.25, 0.3) is 5.57 Å². The maximum absolute atomic E-state index is 11.8. The van der Waals surface area contributed by atoms with Gasteiger partial charge in [-0.15, -0.1) is 24.0 Å². The Morgan fingerprint density at radius 1 is 1.38 bits per heavy atom. The predicted octanol–water partition coefficient (Wildman–Crippen LogP) is 2.50. The van der Waals surface area contributed by atoms with Gasteiger partial charge < -0.3 is 20.3 Å². The Morgan fingerprint density at radius 3 is 2.73 bits per heavy atom. The number of nitrogens with one attached hydrogen (secondary N) is 2. The normalized spacial score (nSPS) is 14.4. The summed E-state index contributed by atoms with van der Waals surface area (Å²) in [6.07, 6.45) is 3.13. The predicted molar refractivity (Wildman–Crippen MR) is 117 cm³/mol. The first-order valence-electron chi connectivity index (χ1n) is 8.62. The Hall–Kier alpha value is -1.77. The van der Waals surface area contributed by atoms with Crippen molar-refractivity contribution in [3.63, 3.8) is 0 Å². The number of hydrogen-bond donors (Lipinski definition) is 2. The fourth-order valence-corrected chi connectivity index (χ4v) is 2.81. The molecule has 1 aliphatic rings. The smallest absolute Gasteiger partial charge is 0.239 e. The number of rotatable bonds is 5. The molecule has 7 heteroatoms. The lowest BCUT2D eigenvalue weighted by molar-refractivity contribution is -0.120. The maximum atomic E-state index is 11.8. The van der Waals surface area contributed by atoms with Crippen LogP contribution in [0.1, 0.15) is 25.8 Å². The topological polar surface area (TPSA) is 66.0 Å². The molecule has 1 heterocycles.